The molecule has 0 saturated carbocycles. The molecule has 1 amide bonds. The van der Waals surface area contributed by atoms with Gasteiger partial charge in [-0.15, -0.1) is 0 Å². The molecule has 1 aromatic carbocycles. The number of furan rings is 1. The maximum atomic E-state index is 13.0. The molecule has 28 heavy (non-hydrogen) atoms. The maximum Gasteiger partial charge on any atom is 0.416 e. The number of aromatic nitrogens is 2. The minimum atomic E-state index is -4.41. The zero-order chi connectivity index (χ0) is 20.3. The topological polar surface area (TPSA) is 60.1 Å². The van der Waals surface area contributed by atoms with Crippen molar-refractivity contribution in [1.29, 1.82) is 0 Å². The van der Waals surface area contributed by atoms with Crippen LogP contribution >= 0.6 is 11.8 Å². The van der Waals surface area contributed by atoms with Gasteiger partial charge in [-0.1, -0.05) is 18.7 Å². The fourth-order valence-electron chi connectivity index (χ4n) is 2.85. The van der Waals surface area contributed by atoms with Crippen LogP contribution in [0.2, 0.25) is 0 Å². The molecule has 1 N–H and O–H groups in total. The number of rotatable bonds is 7. The van der Waals surface area contributed by atoms with Gasteiger partial charge in [-0.25, -0.2) is 4.98 Å². The van der Waals surface area contributed by atoms with Crippen LogP contribution in [0.15, 0.2) is 46.2 Å². The molecule has 1 atom stereocenters. The van der Waals surface area contributed by atoms with Crippen LogP contribution in [0.5, 0.6) is 0 Å². The summed E-state index contributed by atoms with van der Waals surface area (Å²) in [5, 5.41) is 3.35. The van der Waals surface area contributed by atoms with Gasteiger partial charge in [0.05, 0.1) is 34.7 Å². The Bertz CT molecular complexity index is 951. The van der Waals surface area contributed by atoms with Gasteiger partial charge in [0.25, 0.3) is 0 Å². The monoisotopic (exact) mass is 411 g/mol. The van der Waals surface area contributed by atoms with Crippen LogP contribution in [0.4, 0.5) is 13.2 Å². The second kappa shape index (κ2) is 8.30. The van der Waals surface area contributed by atoms with E-state index in [1.807, 2.05) is 13.8 Å². The molecule has 3 aromatic rings. The summed E-state index contributed by atoms with van der Waals surface area (Å²) in [6.45, 7) is 4.27. The number of hydrogen-bond acceptors (Lipinski definition) is 4. The smallest absolute Gasteiger partial charge is 0.416 e. The quantitative estimate of drug-likeness (QED) is 0.554. The summed E-state index contributed by atoms with van der Waals surface area (Å²) in [4.78, 5) is 16.6. The predicted molar refractivity (Wildman–Crippen MR) is 101 cm³/mol. The number of fused-ring (bicyclic) bond motifs is 1. The number of aryl methyl sites for hydroxylation is 1. The molecule has 2 heterocycles. The van der Waals surface area contributed by atoms with E-state index < -0.39 is 11.7 Å². The summed E-state index contributed by atoms with van der Waals surface area (Å²) >= 11 is 1.20. The van der Waals surface area contributed by atoms with E-state index in [0.29, 0.717) is 28.5 Å². The van der Waals surface area contributed by atoms with Crippen LogP contribution in [0, 0.1) is 0 Å². The average molecular weight is 411 g/mol. The fourth-order valence-corrected chi connectivity index (χ4v) is 3.70. The summed E-state index contributed by atoms with van der Waals surface area (Å²) in [7, 11) is 0. The number of thioether (sulfide) groups is 1. The normalized spacial score (nSPS) is 13.0. The van der Waals surface area contributed by atoms with Crippen LogP contribution in [-0.2, 0) is 17.5 Å². The number of nitrogens with zero attached hydrogens (tertiary/aromatic N) is 2. The Hall–Kier alpha value is -2.42. The molecule has 0 saturated heterocycles. The number of hydrogen-bond donors (Lipinski definition) is 1. The third-order valence-electron chi connectivity index (χ3n) is 4.17. The zero-order valence-corrected chi connectivity index (χ0v) is 16.2. The number of halogens is 3. The number of amides is 1. The van der Waals surface area contributed by atoms with Gasteiger partial charge in [-0.3, -0.25) is 4.79 Å². The maximum absolute atomic E-state index is 13.0. The van der Waals surface area contributed by atoms with E-state index in [1.54, 1.807) is 16.7 Å². The molecule has 0 aliphatic rings. The average Bonchev–Trinajstić information content (AvgIpc) is 3.28. The van der Waals surface area contributed by atoms with Crippen molar-refractivity contribution >= 4 is 28.7 Å². The number of carbonyl (C=O) groups is 1. The molecular weight excluding hydrogens is 391 g/mol. The van der Waals surface area contributed by atoms with E-state index in [0.717, 1.165) is 18.6 Å². The van der Waals surface area contributed by atoms with Crippen molar-refractivity contribution in [3.8, 4) is 0 Å². The standard InChI is InChI=1S/C19H20F3N3O2S/c1-3-8-25-15-10-13(19(20,21)22)6-7-14(15)24-18(25)28-11-17(26)23-12(2)16-5-4-9-27-16/h4-7,9-10,12H,3,8,11H2,1-2H3,(H,23,26). The van der Waals surface area contributed by atoms with Gasteiger partial charge in [-0.05, 0) is 43.7 Å². The summed E-state index contributed by atoms with van der Waals surface area (Å²) in [5.74, 6) is 0.542. The first-order chi connectivity index (χ1) is 13.3. The van der Waals surface area contributed by atoms with Gasteiger partial charge in [0, 0.05) is 6.54 Å². The summed E-state index contributed by atoms with van der Waals surface area (Å²) < 4.78 is 46.1. The third-order valence-corrected chi connectivity index (χ3v) is 5.14. The number of benzene rings is 1. The number of nitrogens with one attached hydrogen (secondary N) is 1. The van der Waals surface area contributed by atoms with Gasteiger partial charge >= 0.3 is 6.18 Å². The van der Waals surface area contributed by atoms with Gasteiger partial charge in [0.2, 0.25) is 5.91 Å². The number of carbonyl (C=O) groups excluding carboxylic acids is 1. The van der Waals surface area contributed by atoms with Gasteiger partial charge in [0.15, 0.2) is 5.16 Å². The highest BCUT2D eigenvalue weighted by molar-refractivity contribution is 7.99. The highest BCUT2D eigenvalue weighted by Gasteiger charge is 2.31. The minimum absolute atomic E-state index is 0.101. The first-order valence-corrected chi connectivity index (χ1v) is 9.81. The lowest BCUT2D eigenvalue weighted by Crippen LogP contribution is -2.28. The van der Waals surface area contributed by atoms with E-state index in [9.17, 15) is 18.0 Å². The second-order valence-corrected chi connectivity index (χ2v) is 7.28. The molecule has 5 nitrogen and oxygen atoms in total. The molecule has 0 spiro atoms. The van der Waals surface area contributed by atoms with Crippen molar-refractivity contribution in [2.45, 2.75) is 44.2 Å². The molecule has 0 aliphatic carbocycles. The molecule has 9 heteroatoms. The Labute approximate surface area is 164 Å². The molecule has 0 fully saturated rings. The van der Waals surface area contributed by atoms with Crippen molar-refractivity contribution in [2.24, 2.45) is 0 Å². The predicted octanol–water partition coefficient (Wildman–Crippen LogP) is 5.03. The van der Waals surface area contributed by atoms with Crippen LogP contribution in [0.3, 0.4) is 0 Å². The zero-order valence-electron chi connectivity index (χ0n) is 15.4. The Balaban J connectivity index is 1.76. The fraction of sp³-hybridized carbons (Fsp3) is 0.368. The van der Waals surface area contributed by atoms with Crippen LogP contribution < -0.4 is 5.32 Å². The Morgan fingerprint density at radius 1 is 1.36 bits per heavy atom. The molecule has 0 bridgehead atoms. The molecule has 2 aromatic heterocycles. The highest BCUT2D eigenvalue weighted by Crippen LogP contribution is 2.33. The van der Waals surface area contributed by atoms with Crippen molar-refractivity contribution in [3.63, 3.8) is 0 Å². The van der Waals surface area contributed by atoms with Crippen molar-refractivity contribution in [1.82, 2.24) is 14.9 Å². The molecule has 0 radical (unpaired) electrons. The van der Waals surface area contributed by atoms with E-state index in [1.165, 1.54) is 24.1 Å². The molecular formula is C19H20F3N3O2S. The van der Waals surface area contributed by atoms with Gasteiger partial charge in [-0.2, -0.15) is 13.2 Å². The van der Waals surface area contributed by atoms with Crippen molar-refractivity contribution in [3.05, 3.63) is 47.9 Å². The lowest BCUT2D eigenvalue weighted by molar-refractivity contribution is -0.137. The Morgan fingerprint density at radius 3 is 2.79 bits per heavy atom. The molecule has 150 valence electrons. The highest BCUT2D eigenvalue weighted by atomic mass is 32.2. The minimum Gasteiger partial charge on any atom is -0.467 e. The Kier molecular flexibility index (Phi) is 6.02. The lowest BCUT2D eigenvalue weighted by atomic mass is 10.2. The van der Waals surface area contributed by atoms with E-state index in [-0.39, 0.29) is 17.7 Å². The SMILES string of the molecule is CCCn1c(SCC(=O)NC(C)c2ccco2)nc2ccc(C(F)(F)F)cc21. The number of alkyl halides is 3. The van der Waals surface area contributed by atoms with Crippen LogP contribution in [0.1, 0.15) is 37.6 Å². The van der Waals surface area contributed by atoms with Crippen molar-refractivity contribution in [2.75, 3.05) is 5.75 Å². The van der Waals surface area contributed by atoms with E-state index in [4.69, 9.17) is 4.42 Å². The van der Waals surface area contributed by atoms with Crippen molar-refractivity contribution < 1.29 is 22.4 Å². The number of imidazole rings is 1. The largest absolute Gasteiger partial charge is 0.467 e. The lowest BCUT2D eigenvalue weighted by Gasteiger charge is -2.12. The first kappa shape index (κ1) is 20.3. The summed E-state index contributed by atoms with van der Waals surface area (Å²) in [6.07, 6.45) is -2.14. The van der Waals surface area contributed by atoms with Gasteiger partial charge in [0.1, 0.15) is 5.76 Å². The van der Waals surface area contributed by atoms with Crippen LogP contribution in [-0.4, -0.2) is 21.2 Å². The molecule has 1 unspecified atom stereocenters. The van der Waals surface area contributed by atoms with E-state index in [2.05, 4.69) is 10.3 Å². The first-order valence-electron chi connectivity index (χ1n) is 8.82. The van der Waals surface area contributed by atoms with Gasteiger partial charge < -0.3 is 14.3 Å². The van der Waals surface area contributed by atoms with Crippen LogP contribution in [0.25, 0.3) is 11.0 Å². The Morgan fingerprint density at radius 2 is 2.14 bits per heavy atom. The van der Waals surface area contributed by atoms with E-state index >= 15 is 0 Å². The molecule has 0 aliphatic heterocycles. The third kappa shape index (κ3) is 4.52. The molecule has 3 rings (SSSR count). The summed E-state index contributed by atoms with van der Waals surface area (Å²) in [5.41, 5.74) is 0.190. The second-order valence-electron chi connectivity index (χ2n) is 6.34. The summed E-state index contributed by atoms with van der Waals surface area (Å²) in [6, 6.07) is 6.75.